The first kappa shape index (κ1) is 31.7. The number of benzene rings is 2. The molecule has 0 bridgehead atoms. The first-order valence-electron chi connectivity index (χ1n) is 15.0. The summed E-state index contributed by atoms with van der Waals surface area (Å²) in [6, 6.07) is 15.9. The third-order valence-electron chi connectivity index (χ3n) is 7.36. The van der Waals surface area contributed by atoms with Crippen molar-refractivity contribution in [3.63, 3.8) is 0 Å². The molecule has 0 aliphatic carbocycles. The minimum atomic E-state index is -0.979. The van der Waals surface area contributed by atoms with Crippen molar-refractivity contribution < 1.29 is 28.6 Å². The van der Waals surface area contributed by atoms with Crippen LogP contribution in [-0.2, 0) is 14.3 Å². The zero-order chi connectivity index (χ0) is 31.1. The van der Waals surface area contributed by atoms with Crippen molar-refractivity contribution >= 4 is 18.1 Å². The minimum absolute atomic E-state index is 0.0245. The molecule has 2 fully saturated rings. The number of piperidine rings is 1. The Morgan fingerprint density at radius 3 is 2.09 bits per heavy atom. The molecule has 2 atom stereocenters. The highest BCUT2D eigenvalue weighted by molar-refractivity contribution is 5.88. The Hall–Kier alpha value is -4.26. The lowest BCUT2D eigenvalue weighted by Gasteiger charge is -2.32. The van der Waals surface area contributed by atoms with Gasteiger partial charge in [0.05, 0.1) is 12.2 Å². The maximum absolute atomic E-state index is 13.5. The molecule has 1 N–H and O–H groups in total. The smallest absolute Gasteiger partial charge is 0.410 e. The van der Waals surface area contributed by atoms with Gasteiger partial charge >= 0.3 is 12.2 Å². The largest absolute Gasteiger partial charge is 0.490 e. The van der Waals surface area contributed by atoms with Crippen LogP contribution in [0.2, 0.25) is 0 Å². The van der Waals surface area contributed by atoms with Crippen molar-refractivity contribution in [1.82, 2.24) is 15.1 Å². The molecule has 2 aliphatic rings. The molecule has 230 valence electrons. The Balaban J connectivity index is 1.41. The number of ether oxygens (including phenoxy) is 3. The maximum Gasteiger partial charge on any atom is 0.410 e. The van der Waals surface area contributed by atoms with Crippen molar-refractivity contribution in [2.45, 2.75) is 90.2 Å². The van der Waals surface area contributed by atoms with Crippen LogP contribution in [0.4, 0.5) is 9.59 Å². The van der Waals surface area contributed by atoms with Gasteiger partial charge in [0.15, 0.2) is 0 Å². The third-order valence-corrected chi connectivity index (χ3v) is 7.36. The fraction of sp³-hybridized carbons (Fsp3) is 0.515. The molecule has 43 heavy (non-hydrogen) atoms. The number of hydrogen-bond acceptors (Lipinski definition) is 7. The van der Waals surface area contributed by atoms with Crippen molar-refractivity contribution in [2.75, 3.05) is 19.6 Å². The average molecular weight is 591 g/mol. The lowest BCUT2D eigenvalue weighted by atomic mass is 9.99. The van der Waals surface area contributed by atoms with Crippen LogP contribution in [0.3, 0.4) is 0 Å². The van der Waals surface area contributed by atoms with E-state index in [1.807, 2.05) is 62.4 Å². The number of carbonyl (C=O) groups excluding carboxylic acids is 3. The van der Waals surface area contributed by atoms with Gasteiger partial charge in [0.2, 0.25) is 0 Å². The van der Waals surface area contributed by atoms with E-state index in [4.69, 9.17) is 14.2 Å². The summed E-state index contributed by atoms with van der Waals surface area (Å²) in [6.07, 6.45) is 1.75. The van der Waals surface area contributed by atoms with E-state index >= 15 is 0 Å². The molecule has 10 nitrogen and oxygen atoms in total. The number of nitriles is 1. The van der Waals surface area contributed by atoms with E-state index in [1.165, 1.54) is 4.90 Å². The second-order valence-electron chi connectivity index (χ2n) is 12.3. The number of rotatable bonds is 7. The minimum Gasteiger partial charge on any atom is -0.490 e. The van der Waals surface area contributed by atoms with Crippen molar-refractivity contribution in [1.29, 1.82) is 5.26 Å². The number of hydrogen-bond donors (Lipinski definition) is 1. The van der Waals surface area contributed by atoms with E-state index in [0.29, 0.717) is 31.6 Å². The molecule has 0 spiro atoms. The van der Waals surface area contributed by atoms with Crippen molar-refractivity contribution in [2.24, 2.45) is 0 Å². The van der Waals surface area contributed by atoms with Gasteiger partial charge in [-0.05, 0) is 76.3 Å². The fourth-order valence-corrected chi connectivity index (χ4v) is 5.26. The van der Waals surface area contributed by atoms with Crippen molar-refractivity contribution in [3.8, 4) is 22.9 Å². The van der Waals surface area contributed by atoms with Gasteiger partial charge in [-0.3, -0.25) is 4.79 Å². The van der Waals surface area contributed by atoms with Crippen LogP contribution >= 0.6 is 0 Å². The summed E-state index contributed by atoms with van der Waals surface area (Å²) in [5.41, 5.74) is 1.79. The fourth-order valence-electron chi connectivity index (χ4n) is 5.26. The molecular formula is C33H42N4O6. The van der Waals surface area contributed by atoms with Gasteiger partial charge < -0.3 is 29.3 Å². The Kier molecular flexibility index (Phi) is 10.2. The molecule has 0 radical (unpaired) electrons. The van der Waals surface area contributed by atoms with E-state index in [2.05, 4.69) is 11.4 Å². The molecule has 0 saturated carbocycles. The van der Waals surface area contributed by atoms with E-state index in [1.54, 1.807) is 25.7 Å². The number of likely N-dealkylation sites (tertiary alicyclic amines) is 2. The molecule has 2 aliphatic heterocycles. The lowest BCUT2D eigenvalue weighted by molar-refractivity contribution is -0.133. The molecule has 3 amide bonds. The summed E-state index contributed by atoms with van der Waals surface area (Å²) in [5, 5.41) is 12.2. The zero-order valence-corrected chi connectivity index (χ0v) is 25.7. The topological polar surface area (TPSA) is 121 Å². The second kappa shape index (κ2) is 13.8. The van der Waals surface area contributed by atoms with Crippen LogP contribution in [0.25, 0.3) is 11.1 Å². The van der Waals surface area contributed by atoms with Gasteiger partial charge in [-0.1, -0.05) is 36.4 Å². The highest BCUT2D eigenvalue weighted by atomic mass is 16.6. The monoisotopic (exact) mass is 590 g/mol. The zero-order valence-electron chi connectivity index (χ0n) is 25.7. The van der Waals surface area contributed by atoms with Gasteiger partial charge in [0.25, 0.3) is 5.91 Å². The average Bonchev–Trinajstić information content (AvgIpc) is 3.44. The van der Waals surface area contributed by atoms with E-state index in [-0.39, 0.29) is 24.2 Å². The first-order chi connectivity index (χ1) is 20.4. The molecule has 2 aromatic rings. The van der Waals surface area contributed by atoms with Crippen LogP contribution in [0.1, 0.15) is 71.9 Å². The number of nitrogens with zero attached hydrogens (tertiary/aromatic N) is 3. The van der Waals surface area contributed by atoms with Crippen LogP contribution in [0.5, 0.6) is 5.75 Å². The van der Waals surface area contributed by atoms with Crippen LogP contribution in [0.15, 0.2) is 48.5 Å². The second-order valence-corrected chi connectivity index (χ2v) is 12.3. The summed E-state index contributed by atoms with van der Waals surface area (Å²) in [6.45, 7) is 10.6. The van der Waals surface area contributed by atoms with Crippen LogP contribution in [0, 0.1) is 11.3 Å². The van der Waals surface area contributed by atoms with Gasteiger partial charge in [-0.25, -0.2) is 9.59 Å². The number of nitrogens with one attached hydrogen (secondary N) is 1. The van der Waals surface area contributed by atoms with Crippen molar-refractivity contribution in [3.05, 3.63) is 54.1 Å². The molecule has 4 rings (SSSR count). The van der Waals surface area contributed by atoms with E-state index < -0.39 is 23.8 Å². The Labute approximate surface area is 253 Å². The third kappa shape index (κ3) is 8.63. The summed E-state index contributed by atoms with van der Waals surface area (Å²) >= 11 is 0. The molecule has 2 aromatic carbocycles. The quantitative estimate of drug-likeness (QED) is 0.431. The summed E-state index contributed by atoms with van der Waals surface area (Å²) in [5.74, 6) is 0.431. The van der Waals surface area contributed by atoms with Gasteiger partial charge in [-0.2, -0.15) is 5.26 Å². The van der Waals surface area contributed by atoms with Crippen LogP contribution in [-0.4, -0.2) is 71.4 Å². The Morgan fingerprint density at radius 1 is 0.930 bits per heavy atom. The predicted molar refractivity (Wildman–Crippen MR) is 161 cm³/mol. The number of amides is 3. The molecule has 1 unspecified atom stereocenters. The normalized spacial score (nSPS) is 18.1. The molecule has 0 aromatic heterocycles. The molecular weight excluding hydrogens is 548 g/mol. The standard InChI is InChI=1S/C33H42N4O6/c1-22(2)41-32(40)36-19-16-28(17-20-36)42-27-14-12-24(13-15-27)23-8-10-25(11-9-23)29(35-31(39)43-33(3,4)5)30(38)37-18-6-7-26(37)21-34/h8-15,22,26,28-29H,6-7,16-20H2,1-5H3,(H,35,39)/t26?,29-/m0/s1. The summed E-state index contributed by atoms with van der Waals surface area (Å²) in [4.78, 5) is 41.6. The SMILES string of the molecule is CC(C)OC(=O)N1CCC(Oc2ccc(-c3ccc([C@H](NC(=O)OC(C)(C)C)C(=O)N4CCCC4C#N)cc3)cc2)CC1. The highest BCUT2D eigenvalue weighted by Crippen LogP contribution is 2.28. The highest BCUT2D eigenvalue weighted by Gasteiger charge is 2.35. The van der Waals surface area contributed by atoms with Gasteiger partial charge in [0.1, 0.15) is 29.5 Å². The molecule has 2 saturated heterocycles. The maximum atomic E-state index is 13.5. The summed E-state index contributed by atoms with van der Waals surface area (Å²) in [7, 11) is 0. The Morgan fingerprint density at radius 2 is 1.53 bits per heavy atom. The Bertz CT molecular complexity index is 1300. The lowest BCUT2D eigenvalue weighted by Crippen LogP contribution is -2.45. The van der Waals surface area contributed by atoms with Crippen LogP contribution < -0.4 is 10.1 Å². The molecule has 10 heteroatoms. The van der Waals surface area contributed by atoms with Gasteiger partial charge in [-0.15, -0.1) is 0 Å². The van der Waals surface area contributed by atoms with E-state index in [9.17, 15) is 19.6 Å². The number of carbonyl (C=O) groups is 3. The first-order valence-corrected chi connectivity index (χ1v) is 15.0. The van der Waals surface area contributed by atoms with Gasteiger partial charge in [0, 0.05) is 32.5 Å². The number of alkyl carbamates (subject to hydrolysis) is 1. The summed E-state index contributed by atoms with van der Waals surface area (Å²) < 4.78 is 16.9. The predicted octanol–water partition coefficient (Wildman–Crippen LogP) is 5.82. The molecule has 2 heterocycles. The van der Waals surface area contributed by atoms with E-state index in [0.717, 1.165) is 36.1 Å².